The third-order valence-electron chi connectivity index (χ3n) is 21.5. The van der Waals surface area contributed by atoms with Gasteiger partial charge in [-0.3, -0.25) is 0 Å². The van der Waals surface area contributed by atoms with E-state index in [-0.39, 0.29) is 22.8 Å². The first-order valence-electron chi connectivity index (χ1n) is 34.2. The van der Waals surface area contributed by atoms with Gasteiger partial charge in [-0.25, -0.2) is 0 Å². The third kappa shape index (κ3) is 12.0. The van der Waals surface area contributed by atoms with Crippen LogP contribution >= 0.6 is 0 Å². The average molecular weight is 1190 g/mol. The quantitative estimate of drug-likeness (QED) is 0.0752. The molecule has 0 amide bonds. The molecule has 5 aromatic carbocycles. The number of nitrogens with zero attached hydrogens (tertiary/aromatic N) is 2. The fourth-order valence-electron chi connectivity index (χ4n) is 16.4. The standard InChI is InChI=1S/C88H90N2O/c1-7-62-26-30-64(31-27-62)67-40-51-78(52-41-67)91-60-61(3)19-17-18-56-88(73-20-11-9-12-21-73)83-25-16-15-24-79(83)80-53-50-77(59-84(80)88)89(75-46-36-66(37-47-75)65-34-44-72(45-35-65)87(4,5)6)76-48-38-69(39-49-76)71-43-55-86-82(58-71)81-57-70(68-32-28-63(8-2)29-33-68)42-54-85(81)90(86)74-22-13-10-14-23-74/h7-8,10-11,13-16,20-26,28-30,32-41,43-46,48-52,54-55,57,59,61,70-71,75,79-80,83H,1-2,9,12,17-19,27,31,42,47,53,56,58,60H2,3-6H3. The molecule has 6 aromatic rings. The van der Waals surface area contributed by atoms with Crippen molar-refractivity contribution in [2.45, 2.75) is 128 Å². The summed E-state index contributed by atoms with van der Waals surface area (Å²) in [5, 5.41) is 2.70. The van der Waals surface area contributed by atoms with Crippen LogP contribution in [0.25, 0.3) is 41.1 Å². The Morgan fingerprint density at radius 1 is 0.703 bits per heavy atom. The lowest BCUT2D eigenvalue weighted by molar-refractivity contribution is 0.242. The maximum atomic E-state index is 6.48. The lowest BCUT2D eigenvalue weighted by atomic mass is 9.63. The van der Waals surface area contributed by atoms with Crippen molar-refractivity contribution < 1.29 is 4.74 Å². The zero-order valence-corrected chi connectivity index (χ0v) is 54.1. The zero-order valence-electron chi connectivity index (χ0n) is 54.1. The highest BCUT2D eigenvalue weighted by molar-refractivity contribution is 5.77. The Bertz CT molecular complexity index is 4210. The van der Waals surface area contributed by atoms with Crippen molar-refractivity contribution in [2.75, 3.05) is 11.5 Å². The molecule has 1 aromatic heterocycles. The predicted molar refractivity (Wildman–Crippen MR) is 386 cm³/mol. The van der Waals surface area contributed by atoms with Crippen LogP contribution in [0.4, 0.5) is 5.69 Å². The Kier molecular flexibility index (Phi) is 17.1. The topological polar surface area (TPSA) is 17.4 Å². The second-order valence-corrected chi connectivity index (χ2v) is 28.1. The highest BCUT2D eigenvalue weighted by Crippen LogP contribution is 2.65. The largest absolute Gasteiger partial charge is 0.493 e. The summed E-state index contributed by atoms with van der Waals surface area (Å²) in [7, 11) is 0. The van der Waals surface area contributed by atoms with Crippen molar-refractivity contribution in [3.05, 3.63) is 315 Å². The second-order valence-electron chi connectivity index (χ2n) is 28.1. The summed E-state index contributed by atoms with van der Waals surface area (Å²) >= 11 is 0. The molecule has 3 nitrogen and oxygen atoms in total. The molecular weight excluding hydrogens is 1100 g/mol. The molecule has 8 aliphatic rings. The summed E-state index contributed by atoms with van der Waals surface area (Å²) < 4.78 is 8.99. The van der Waals surface area contributed by atoms with Gasteiger partial charge in [-0.1, -0.05) is 260 Å². The number of allylic oxidation sites excluding steroid dienone is 19. The first-order valence-corrected chi connectivity index (χ1v) is 34.2. The lowest BCUT2D eigenvalue weighted by Crippen LogP contribution is -2.36. The number of rotatable bonds is 19. The van der Waals surface area contributed by atoms with Crippen LogP contribution < -0.4 is 20.2 Å². The van der Waals surface area contributed by atoms with E-state index in [1.54, 1.807) is 11.1 Å². The smallest absolute Gasteiger partial charge is 0.119 e. The van der Waals surface area contributed by atoms with E-state index in [1.165, 1.54) is 96.3 Å². The predicted octanol–water partition coefficient (Wildman–Crippen LogP) is 20.8. The van der Waals surface area contributed by atoms with Gasteiger partial charge in [0.1, 0.15) is 5.75 Å². The summed E-state index contributed by atoms with van der Waals surface area (Å²) in [5.74, 6) is 3.29. The first-order chi connectivity index (χ1) is 44.5. The molecule has 8 atom stereocenters. The molecule has 3 heteroatoms. The molecule has 0 N–H and O–H groups in total. The lowest BCUT2D eigenvalue weighted by Gasteiger charge is -2.42. The van der Waals surface area contributed by atoms with Gasteiger partial charge in [0.25, 0.3) is 0 Å². The average Bonchev–Trinajstić information content (AvgIpc) is 1.59. The van der Waals surface area contributed by atoms with Crippen molar-refractivity contribution in [3.8, 4) is 11.4 Å². The summed E-state index contributed by atoms with van der Waals surface area (Å²) in [6, 6.07) is 47.9. The van der Waals surface area contributed by atoms with E-state index in [1.807, 2.05) is 12.2 Å². The van der Waals surface area contributed by atoms with E-state index < -0.39 is 0 Å². The van der Waals surface area contributed by atoms with E-state index in [4.69, 9.17) is 4.74 Å². The van der Waals surface area contributed by atoms with Gasteiger partial charge in [0.2, 0.25) is 0 Å². The van der Waals surface area contributed by atoms with Gasteiger partial charge in [-0.2, -0.15) is 0 Å². The normalized spacial score (nSPS) is 23.9. The summed E-state index contributed by atoms with van der Waals surface area (Å²) in [4.78, 5) is 2.71. The maximum absolute atomic E-state index is 6.48. The minimum atomic E-state index is -0.0916. The number of para-hydroxylation sites is 1. The molecule has 1 fully saturated rings. The molecule has 8 unspecified atom stereocenters. The summed E-state index contributed by atoms with van der Waals surface area (Å²) in [6.45, 7) is 18.0. The van der Waals surface area contributed by atoms with Crippen LogP contribution in [0.3, 0.4) is 0 Å². The van der Waals surface area contributed by atoms with Gasteiger partial charge in [0, 0.05) is 50.6 Å². The molecule has 0 aliphatic heterocycles. The van der Waals surface area contributed by atoms with E-state index in [9.17, 15) is 0 Å². The molecule has 0 bridgehead atoms. The van der Waals surface area contributed by atoms with Crippen LogP contribution in [-0.2, 0) is 11.8 Å². The monoisotopic (exact) mass is 1190 g/mol. The van der Waals surface area contributed by atoms with Crippen LogP contribution in [0, 0.1) is 29.1 Å². The maximum Gasteiger partial charge on any atom is 0.119 e. The second kappa shape index (κ2) is 25.9. The molecule has 0 radical (unpaired) electrons. The Morgan fingerprint density at radius 3 is 2.21 bits per heavy atom. The van der Waals surface area contributed by atoms with Crippen LogP contribution in [0.1, 0.15) is 155 Å². The van der Waals surface area contributed by atoms with E-state index >= 15 is 0 Å². The van der Waals surface area contributed by atoms with E-state index in [2.05, 4.69) is 287 Å². The molecule has 14 rings (SSSR count). The van der Waals surface area contributed by atoms with Crippen LogP contribution in [-0.4, -0.2) is 17.2 Å². The van der Waals surface area contributed by atoms with Crippen molar-refractivity contribution in [1.29, 1.82) is 0 Å². The van der Waals surface area contributed by atoms with Gasteiger partial charge in [-0.05, 0) is 203 Å². The molecule has 0 saturated heterocycles. The van der Waals surface area contributed by atoms with Gasteiger partial charge in [0.15, 0.2) is 0 Å². The molecule has 91 heavy (non-hydrogen) atoms. The fourth-order valence-corrected chi connectivity index (χ4v) is 16.4. The van der Waals surface area contributed by atoms with Crippen LogP contribution in [0.15, 0.2) is 260 Å². The van der Waals surface area contributed by atoms with Crippen molar-refractivity contribution in [3.63, 3.8) is 0 Å². The zero-order chi connectivity index (χ0) is 62.1. The van der Waals surface area contributed by atoms with Gasteiger partial charge in [-0.15, -0.1) is 0 Å². The van der Waals surface area contributed by atoms with Crippen molar-refractivity contribution in [2.24, 2.45) is 29.1 Å². The Balaban J connectivity index is 0.761. The van der Waals surface area contributed by atoms with Crippen molar-refractivity contribution >= 4 is 41.1 Å². The molecule has 8 aliphatic carbocycles. The number of ether oxygens (including phenoxy) is 1. The Morgan fingerprint density at radius 2 is 1.48 bits per heavy atom. The highest BCUT2D eigenvalue weighted by atomic mass is 16.5. The SMILES string of the molecule is C=CC1=CC=C(c2ccc(OCC(C)CCCCC3(C4=CCCC=C4)C4=CC(N(c5ccc(C6C=Cc7c(c8c(n7-c7ccccc7)=CCC(c7ccc(C=C)cc7)C=8)C6)cc5)C5C=CC(c6ccc(C(C)(C)C)cc6)=CC5)=CCC4C4C=CC=CC43)cc2)CC1. The van der Waals surface area contributed by atoms with E-state index in [0.717, 1.165) is 82.1 Å². The molecular formula is C88H90N2O. The van der Waals surface area contributed by atoms with Gasteiger partial charge in [0.05, 0.1) is 12.6 Å². The molecule has 458 valence electrons. The number of fused-ring (bicyclic) bond motifs is 6. The first kappa shape index (κ1) is 59.9. The minimum Gasteiger partial charge on any atom is -0.493 e. The minimum absolute atomic E-state index is 0.0916. The summed E-state index contributed by atoms with van der Waals surface area (Å²) in [5.41, 5.74) is 21.6. The van der Waals surface area contributed by atoms with E-state index in [0.29, 0.717) is 29.6 Å². The Hall–Kier alpha value is -8.66. The molecule has 1 heterocycles. The molecule has 1 saturated carbocycles. The highest BCUT2D eigenvalue weighted by Gasteiger charge is 2.56. The number of aromatic nitrogens is 1. The van der Waals surface area contributed by atoms with Gasteiger partial charge >= 0.3 is 0 Å². The number of hydrogen-bond acceptors (Lipinski definition) is 2. The molecule has 0 spiro atoms. The Labute approximate surface area is 542 Å². The number of unbranched alkanes of at least 4 members (excludes halogenated alkanes) is 1. The third-order valence-corrected chi connectivity index (χ3v) is 21.5. The number of benzene rings is 5. The number of hydrogen-bond donors (Lipinski definition) is 0. The van der Waals surface area contributed by atoms with Crippen molar-refractivity contribution in [1.82, 2.24) is 4.57 Å². The van der Waals surface area contributed by atoms with Crippen LogP contribution in [0.2, 0.25) is 0 Å². The van der Waals surface area contributed by atoms with Crippen LogP contribution in [0.5, 0.6) is 5.75 Å². The van der Waals surface area contributed by atoms with Gasteiger partial charge < -0.3 is 14.2 Å². The number of anilines is 1. The summed E-state index contributed by atoms with van der Waals surface area (Å²) in [6.07, 6.45) is 61.3. The fraction of sp³-hybridized carbons (Fsp3) is 0.295.